The van der Waals surface area contributed by atoms with Crippen molar-refractivity contribution in [3.63, 3.8) is 0 Å². The molecule has 0 radical (unpaired) electrons. The van der Waals surface area contributed by atoms with Gasteiger partial charge in [-0.2, -0.15) is 13.2 Å². The molecule has 1 saturated carbocycles. The molecule has 2 heterocycles. The number of likely N-dealkylation sites (tertiary alicyclic amines) is 1. The molecule has 1 aromatic carbocycles. The number of piperidine rings is 1. The van der Waals surface area contributed by atoms with Crippen LogP contribution in [-0.4, -0.2) is 57.1 Å². The fraction of sp³-hybridized carbons (Fsp3) is 0.550. The van der Waals surface area contributed by atoms with E-state index < -0.39 is 28.0 Å². The molecule has 4 rings (SSSR count). The van der Waals surface area contributed by atoms with Crippen LogP contribution in [0.15, 0.2) is 35.1 Å². The summed E-state index contributed by atoms with van der Waals surface area (Å²) in [6.07, 6.45) is -3.45. The van der Waals surface area contributed by atoms with Crippen LogP contribution in [0.1, 0.15) is 30.6 Å². The van der Waals surface area contributed by atoms with Gasteiger partial charge in [0.25, 0.3) is 5.91 Å². The van der Waals surface area contributed by atoms with Gasteiger partial charge in [-0.15, -0.1) is 0 Å². The summed E-state index contributed by atoms with van der Waals surface area (Å²) in [7, 11) is -3.67. The lowest BCUT2D eigenvalue weighted by Gasteiger charge is -2.24. The number of sulfone groups is 1. The van der Waals surface area contributed by atoms with Gasteiger partial charge in [-0.1, -0.05) is 0 Å². The fourth-order valence-corrected chi connectivity index (χ4v) is 4.86. The quantitative estimate of drug-likeness (QED) is 0.728. The number of benzene rings is 1. The van der Waals surface area contributed by atoms with E-state index in [0.29, 0.717) is 13.1 Å². The topological polar surface area (TPSA) is 84.9 Å². The van der Waals surface area contributed by atoms with Gasteiger partial charge in [0.05, 0.1) is 16.2 Å². The Morgan fingerprint density at radius 1 is 1.39 bits per heavy atom. The number of nitrogens with zero attached hydrogens (tertiary/aromatic N) is 1. The Morgan fingerprint density at radius 2 is 2.10 bits per heavy atom. The molecule has 2 aliphatic heterocycles. The number of halogens is 3. The van der Waals surface area contributed by atoms with E-state index in [4.69, 9.17) is 9.47 Å². The predicted octanol–water partition coefficient (Wildman–Crippen LogP) is 2.69. The van der Waals surface area contributed by atoms with Crippen molar-refractivity contribution in [2.45, 2.75) is 43.7 Å². The van der Waals surface area contributed by atoms with E-state index in [1.165, 1.54) is 4.90 Å². The highest BCUT2D eigenvalue weighted by Crippen LogP contribution is 2.62. The number of fused-ring (bicyclic) bond motifs is 1. The summed E-state index contributed by atoms with van der Waals surface area (Å²) in [6, 6.07) is 3.33. The standard InChI is InChI=1S/C20H23F3N2O5S/c1-11(20(21,22)23)30-16-5-4-14(31(3,27)28)6-15(16)18(26)25-8-13-7-19(13,10-25)17-9-29-12(2)24-17/h4-6,9,11-13,24H,7-8,10H2,1-3H3. The maximum atomic E-state index is 13.3. The maximum absolute atomic E-state index is 13.3. The second-order valence-electron chi connectivity index (χ2n) is 8.43. The number of rotatable bonds is 5. The van der Waals surface area contributed by atoms with E-state index in [1.54, 1.807) is 6.26 Å². The highest BCUT2D eigenvalue weighted by atomic mass is 32.2. The number of alkyl halides is 3. The first kappa shape index (κ1) is 21.8. The lowest BCUT2D eigenvalue weighted by Crippen LogP contribution is -2.35. The molecule has 1 saturated heterocycles. The first-order valence-corrected chi connectivity index (χ1v) is 11.7. The molecule has 1 N–H and O–H groups in total. The minimum atomic E-state index is -4.63. The minimum absolute atomic E-state index is 0.161. The van der Waals surface area contributed by atoms with Crippen molar-refractivity contribution in [3.05, 3.63) is 35.7 Å². The zero-order valence-electron chi connectivity index (χ0n) is 17.2. The van der Waals surface area contributed by atoms with Crippen molar-refractivity contribution in [2.75, 3.05) is 19.3 Å². The van der Waals surface area contributed by atoms with Crippen molar-refractivity contribution < 1.29 is 35.9 Å². The summed E-state index contributed by atoms with van der Waals surface area (Å²) >= 11 is 0. The Morgan fingerprint density at radius 3 is 2.68 bits per heavy atom. The number of ether oxygens (including phenoxy) is 2. The molecule has 11 heteroatoms. The van der Waals surface area contributed by atoms with Gasteiger partial charge >= 0.3 is 6.18 Å². The van der Waals surface area contributed by atoms with Gasteiger partial charge in [0.2, 0.25) is 0 Å². The monoisotopic (exact) mass is 460 g/mol. The largest absolute Gasteiger partial charge is 0.480 e. The molecule has 4 unspecified atom stereocenters. The second-order valence-corrected chi connectivity index (χ2v) is 10.4. The average molecular weight is 460 g/mol. The Kier molecular flexibility index (Phi) is 4.95. The molecule has 170 valence electrons. The van der Waals surface area contributed by atoms with Crippen molar-refractivity contribution in [3.8, 4) is 5.75 Å². The SMILES string of the molecule is CC1NC(C23CC2CN(C(=O)c2cc(S(C)(=O)=O)ccc2OC(C)C(F)(F)F)C3)=CO1. The Balaban J connectivity index is 1.62. The third-order valence-corrected chi connectivity index (χ3v) is 7.20. The van der Waals surface area contributed by atoms with Gasteiger partial charge in [0.15, 0.2) is 22.2 Å². The molecule has 0 bridgehead atoms. The number of nitrogens with one attached hydrogen (secondary N) is 1. The Labute approximate surface area is 178 Å². The van der Waals surface area contributed by atoms with Crippen LogP contribution in [0.3, 0.4) is 0 Å². The summed E-state index contributed by atoms with van der Waals surface area (Å²) in [4.78, 5) is 14.6. The summed E-state index contributed by atoms with van der Waals surface area (Å²) in [5.74, 6) is -0.651. The van der Waals surface area contributed by atoms with E-state index in [0.717, 1.165) is 43.5 Å². The van der Waals surface area contributed by atoms with Crippen LogP contribution in [0.2, 0.25) is 0 Å². The second kappa shape index (κ2) is 7.04. The average Bonchev–Trinajstić information content (AvgIpc) is 2.99. The van der Waals surface area contributed by atoms with Crippen LogP contribution >= 0.6 is 0 Å². The smallest absolute Gasteiger partial charge is 0.425 e. The van der Waals surface area contributed by atoms with Gasteiger partial charge in [0.1, 0.15) is 12.0 Å². The maximum Gasteiger partial charge on any atom is 0.425 e. The third-order valence-electron chi connectivity index (χ3n) is 6.09. The molecule has 3 aliphatic rings. The van der Waals surface area contributed by atoms with Crippen molar-refractivity contribution >= 4 is 15.7 Å². The minimum Gasteiger partial charge on any atom is -0.480 e. The number of hydrogen-bond donors (Lipinski definition) is 1. The van der Waals surface area contributed by atoms with Crippen LogP contribution in [0.4, 0.5) is 13.2 Å². The van der Waals surface area contributed by atoms with E-state index in [1.807, 2.05) is 6.92 Å². The summed E-state index contributed by atoms with van der Waals surface area (Å²) in [5, 5.41) is 3.23. The van der Waals surface area contributed by atoms with Crippen molar-refractivity contribution in [2.24, 2.45) is 11.3 Å². The number of amides is 1. The highest BCUT2D eigenvalue weighted by molar-refractivity contribution is 7.90. The van der Waals surface area contributed by atoms with Gasteiger partial charge in [0, 0.05) is 24.8 Å². The zero-order chi connectivity index (χ0) is 22.8. The van der Waals surface area contributed by atoms with E-state index in [-0.39, 0.29) is 33.8 Å². The summed E-state index contributed by atoms with van der Waals surface area (Å²) in [5.41, 5.74) is 0.454. The lowest BCUT2D eigenvalue weighted by atomic mass is 10.0. The van der Waals surface area contributed by atoms with Gasteiger partial charge < -0.3 is 19.7 Å². The molecule has 1 aliphatic carbocycles. The third kappa shape index (κ3) is 3.95. The molecule has 7 nitrogen and oxygen atoms in total. The van der Waals surface area contributed by atoms with Crippen LogP contribution < -0.4 is 10.1 Å². The van der Waals surface area contributed by atoms with Crippen LogP contribution in [0.5, 0.6) is 5.75 Å². The summed E-state index contributed by atoms with van der Waals surface area (Å²) < 4.78 is 73.4. The molecule has 0 aromatic heterocycles. The normalized spacial score (nSPS) is 28.3. The van der Waals surface area contributed by atoms with Gasteiger partial charge in [-0.3, -0.25) is 4.79 Å². The fourth-order valence-electron chi connectivity index (χ4n) is 4.21. The molecule has 0 spiro atoms. The lowest BCUT2D eigenvalue weighted by molar-refractivity contribution is -0.189. The van der Waals surface area contributed by atoms with Crippen molar-refractivity contribution in [1.82, 2.24) is 10.2 Å². The van der Waals surface area contributed by atoms with Crippen LogP contribution in [0, 0.1) is 11.3 Å². The zero-order valence-corrected chi connectivity index (χ0v) is 18.0. The van der Waals surface area contributed by atoms with Crippen LogP contribution in [0.25, 0.3) is 0 Å². The first-order valence-electron chi connectivity index (χ1n) is 9.81. The number of carbonyl (C=O) groups is 1. The molecular weight excluding hydrogens is 437 g/mol. The van der Waals surface area contributed by atoms with E-state index >= 15 is 0 Å². The highest BCUT2D eigenvalue weighted by Gasteiger charge is 2.64. The summed E-state index contributed by atoms with van der Waals surface area (Å²) in [6.45, 7) is 3.47. The molecule has 1 aromatic rings. The Hall–Kier alpha value is -2.43. The predicted molar refractivity (Wildman–Crippen MR) is 104 cm³/mol. The molecular formula is C20H23F3N2O5S. The van der Waals surface area contributed by atoms with Gasteiger partial charge in [-0.05, 0) is 44.4 Å². The number of carbonyl (C=O) groups excluding carboxylic acids is 1. The molecule has 1 amide bonds. The first-order chi connectivity index (χ1) is 14.3. The number of hydrogen-bond acceptors (Lipinski definition) is 6. The molecule has 4 atom stereocenters. The van der Waals surface area contributed by atoms with Crippen LogP contribution in [-0.2, 0) is 14.6 Å². The van der Waals surface area contributed by atoms with Gasteiger partial charge in [-0.25, -0.2) is 8.42 Å². The van der Waals surface area contributed by atoms with Crippen molar-refractivity contribution in [1.29, 1.82) is 0 Å². The molecule has 31 heavy (non-hydrogen) atoms. The Bertz CT molecular complexity index is 1060. The molecule has 2 fully saturated rings. The van der Waals surface area contributed by atoms with E-state index in [2.05, 4.69) is 5.32 Å². The van der Waals surface area contributed by atoms with E-state index in [9.17, 15) is 26.4 Å².